The van der Waals surface area contributed by atoms with Crippen LogP contribution in [0.5, 0.6) is 0 Å². The number of Topliss-reactive ketones (excluding diaryl/α,β-unsaturated/α-hetero) is 1. The lowest BCUT2D eigenvalue weighted by molar-refractivity contribution is -0.174. The van der Waals surface area contributed by atoms with Crippen LogP contribution < -0.4 is 16.2 Å². The van der Waals surface area contributed by atoms with Crippen molar-refractivity contribution in [1.82, 2.24) is 9.88 Å². The summed E-state index contributed by atoms with van der Waals surface area (Å²) in [6.07, 6.45) is -5.20. The zero-order chi connectivity index (χ0) is 29.8. The van der Waals surface area contributed by atoms with Crippen LogP contribution in [0.4, 0.5) is 18.9 Å². The smallest absolute Gasteiger partial charge is 0.344 e. The van der Waals surface area contributed by atoms with E-state index in [-0.39, 0.29) is 16.5 Å². The lowest BCUT2D eigenvalue weighted by Crippen LogP contribution is -2.51. The summed E-state index contributed by atoms with van der Waals surface area (Å²) < 4.78 is 66.8. The molecule has 1 heterocycles. The van der Waals surface area contributed by atoms with E-state index in [2.05, 4.69) is 5.32 Å². The van der Waals surface area contributed by atoms with E-state index in [1.54, 1.807) is 30.3 Å². The molecule has 2 aromatic carbocycles. The van der Waals surface area contributed by atoms with Gasteiger partial charge in [0.1, 0.15) is 11.4 Å². The summed E-state index contributed by atoms with van der Waals surface area (Å²) in [5.41, 5.74) is -0.203. The van der Waals surface area contributed by atoms with E-state index in [9.17, 15) is 40.8 Å². The number of halogens is 3. The zero-order valence-electron chi connectivity index (χ0n) is 21.7. The predicted octanol–water partition coefficient (Wildman–Crippen LogP) is 3.58. The fraction of sp³-hybridized carbons (Fsp3) is 0.259. The molecular formula is C27H26F3N3O6S. The molecule has 0 saturated carbocycles. The van der Waals surface area contributed by atoms with Crippen LogP contribution >= 0.6 is 0 Å². The maximum absolute atomic E-state index is 13.5. The average Bonchev–Trinajstić information content (AvgIpc) is 2.87. The molecule has 212 valence electrons. The van der Waals surface area contributed by atoms with Crippen LogP contribution in [0.1, 0.15) is 20.8 Å². The van der Waals surface area contributed by atoms with Crippen molar-refractivity contribution in [1.29, 1.82) is 0 Å². The molecule has 0 bridgehead atoms. The number of hydrogen-bond acceptors (Lipinski definition) is 6. The second kappa shape index (κ2) is 11.9. The van der Waals surface area contributed by atoms with Gasteiger partial charge in [0.15, 0.2) is 0 Å². The first-order valence-corrected chi connectivity index (χ1v) is 13.4. The zero-order valence-corrected chi connectivity index (χ0v) is 22.5. The van der Waals surface area contributed by atoms with Crippen LogP contribution in [0.2, 0.25) is 0 Å². The Labute approximate surface area is 227 Å². The van der Waals surface area contributed by atoms with Crippen LogP contribution in [0, 0.1) is 5.92 Å². The Hall–Kier alpha value is -4.26. The number of aromatic nitrogens is 1. The standard InChI is InChI=1S/C27H26F3N3O6S/c1-16(2)24(25(36)27(28,29)30)32-23(35)15-33-21(18-7-5-4-6-8-18)13-14-22(26(33)37)40(38,39)20-11-9-19(10-12-20)31-17(3)34/h4-14,16,24H,15H2,1-3H3,(H,31,34)(H,32,35). The highest BCUT2D eigenvalue weighted by atomic mass is 32.2. The lowest BCUT2D eigenvalue weighted by Gasteiger charge is -2.23. The maximum atomic E-state index is 13.5. The van der Waals surface area contributed by atoms with Crippen LogP contribution in [0.3, 0.4) is 0 Å². The monoisotopic (exact) mass is 577 g/mol. The highest BCUT2D eigenvalue weighted by Crippen LogP contribution is 2.25. The minimum atomic E-state index is -5.20. The summed E-state index contributed by atoms with van der Waals surface area (Å²) in [6, 6.07) is 13.7. The Morgan fingerprint density at radius 1 is 0.925 bits per heavy atom. The number of sulfone groups is 1. The van der Waals surface area contributed by atoms with Crippen molar-refractivity contribution in [3.63, 3.8) is 0 Å². The topological polar surface area (TPSA) is 131 Å². The number of amides is 2. The van der Waals surface area contributed by atoms with Crippen LogP contribution in [-0.2, 0) is 30.8 Å². The van der Waals surface area contributed by atoms with E-state index in [1.807, 2.05) is 5.32 Å². The van der Waals surface area contributed by atoms with Gasteiger partial charge < -0.3 is 10.6 Å². The molecule has 1 unspecified atom stereocenters. The van der Waals surface area contributed by atoms with Gasteiger partial charge >= 0.3 is 6.18 Å². The number of carbonyl (C=O) groups excluding carboxylic acids is 3. The summed E-state index contributed by atoms with van der Waals surface area (Å²) in [5.74, 6) is -4.53. The molecule has 0 saturated heterocycles. The van der Waals surface area contributed by atoms with Gasteiger partial charge in [-0.25, -0.2) is 8.42 Å². The summed E-state index contributed by atoms with van der Waals surface area (Å²) in [7, 11) is -4.42. The van der Waals surface area contributed by atoms with E-state index in [0.717, 1.165) is 10.6 Å². The van der Waals surface area contributed by atoms with Crippen molar-refractivity contribution in [3.8, 4) is 11.3 Å². The molecule has 0 aliphatic heterocycles. The molecule has 0 aliphatic rings. The summed E-state index contributed by atoms with van der Waals surface area (Å²) >= 11 is 0. The SMILES string of the molecule is CC(=O)Nc1ccc(S(=O)(=O)c2ccc(-c3ccccc3)n(CC(=O)NC(C(=O)C(F)(F)F)C(C)C)c2=O)cc1. The van der Waals surface area contributed by atoms with Crippen molar-refractivity contribution in [2.45, 2.75) is 49.3 Å². The Morgan fingerprint density at radius 2 is 1.52 bits per heavy atom. The molecule has 2 amide bonds. The molecule has 1 atom stereocenters. The number of nitrogens with one attached hydrogen (secondary N) is 2. The molecule has 2 N–H and O–H groups in total. The number of nitrogens with zero attached hydrogens (tertiary/aromatic N) is 1. The van der Waals surface area contributed by atoms with E-state index in [4.69, 9.17) is 0 Å². The van der Waals surface area contributed by atoms with Crippen LogP contribution in [-0.4, -0.2) is 42.8 Å². The van der Waals surface area contributed by atoms with E-state index >= 15 is 0 Å². The molecule has 3 aromatic rings. The molecule has 1 aromatic heterocycles. The summed E-state index contributed by atoms with van der Waals surface area (Å²) in [6.45, 7) is 3.06. The number of hydrogen-bond donors (Lipinski definition) is 2. The quantitative estimate of drug-likeness (QED) is 0.400. The summed E-state index contributed by atoms with van der Waals surface area (Å²) in [4.78, 5) is 48.6. The molecule has 9 nitrogen and oxygen atoms in total. The van der Waals surface area contributed by atoms with Crippen molar-refractivity contribution >= 4 is 33.1 Å². The van der Waals surface area contributed by atoms with Crippen molar-refractivity contribution in [3.05, 3.63) is 77.1 Å². The number of benzene rings is 2. The largest absolute Gasteiger partial charge is 0.452 e. The minimum Gasteiger partial charge on any atom is -0.344 e. The predicted molar refractivity (Wildman–Crippen MR) is 140 cm³/mol. The molecule has 3 rings (SSSR count). The normalized spacial score (nSPS) is 12.6. The fourth-order valence-corrected chi connectivity index (χ4v) is 5.24. The Balaban J connectivity index is 2.07. The number of carbonyl (C=O) groups is 3. The number of alkyl halides is 3. The van der Waals surface area contributed by atoms with Gasteiger partial charge in [0.25, 0.3) is 11.3 Å². The van der Waals surface area contributed by atoms with Gasteiger partial charge in [0.05, 0.1) is 16.6 Å². The molecular weight excluding hydrogens is 551 g/mol. The Bertz CT molecular complexity index is 1580. The van der Waals surface area contributed by atoms with Gasteiger partial charge in [0, 0.05) is 12.6 Å². The van der Waals surface area contributed by atoms with Gasteiger partial charge in [0.2, 0.25) is 21.7 Å². The van der Waals surface area contributed by atoms with Gasteiger partial charge in [-0.1, -0.05) is 44.2 Å². The van der Waals surface area contributed by atoms with Gasteiger partial charge in [-0.15, -0.1) is 0 Å². The number of ketones is 1. The van der Waals surface area contributed by atoms with Gasteiger partial charge in [-0.3, -0.25) is 23.7 Å². The number of anilines is 1. The van der Waals surface area contributed by atoms with E-state index < -0.39 is 56.7 Å². The van der Waals surface area contributed by atoms with Crippen LogP contribution in [0.15, 0.2) is 81.3 Å². The second-order valence-electron chi connectivity index (χ2n) is 9.20. The van der Waals surface area contributed by atoms with E-state index in [0.29, 0.717) is 11.3 Å². The molecule has 0 radical (unpaired) electrons. The summed E-state index contributed by atoms with van der Waals surface area (Å²) in [5, 5.41) is 4.53. The highest BCUT2D eigenvalue weighted by Gasteiger charge is 2.45. The van der Waals surface area contributed by atoms with Gasteiger partial charge in [-0.2, -0.15) is 13.2 Å². The highest BCUT2D eigenvalue weighted by molar-refractivity contribution is 7.91. The Morgan fingerprint density at radius 3 is 2.05 bits per heavy atom. The molecule has 0 fully saturated rings. The minimum absolute atomic E-state index is 0.129. The molecule has 0 spiro atoms. The lowest BCUT2D eigenvalue weighted by atomic mass is 9.99. The molecule has 40 heavy (non-hydrogen) atoms. The fourth-order valence-electron chi connectivity index (χ4n) is 3.90. The average molecular weight is 578 g/mol. The van der Waals surface area contributed by atoms with Crippen molar-refractivity contribution < 1.29 is 36.0 Å². The third-order valence-electron chi connectivity index (χ3n) is 5.83. The van der Waals surface area contributed by atoms with Gasteiger partial charge in [-0.05, 0) is 47.9 Å². The first-order valence-electron chi connectivity index (χ1n) is 12.0. The first-order chi connectivity index (χ1) is 18.6. The number of pyridine rings is 1. The molecule has 13 heteroatoms. The maximum Gasteiger partial charge on any atom is 0.452 e. The second-order valence-corrected chi connectivity index (χ2v) is 11.1. The molecule has 0 aliphatic carbocycles. The van der Waals surface area contributed by atoms with Crippen molar-refractivity contribution in [2.75, 3.05) is 5.32 Å². The van der Waals surface area contributed by atoms with Crippen molar-refractivity contribution in [2.24, 2.45) is 5.92 Å². The van der Waals surface area contributed by atoms with Crippen LogP contribution in [0.25, 0.3) is 11.3 Å². The number of rotatable bonds is 9. The third kappa shape index (κ3) is 6.84. The third-order valence-corrected chi connectivity index (χ3v) is 7.61. The van der Waals surface area contributed by atoms with E-state index in [1.165, 1.54) is 51.1 Å². The first kappa shape index (κ1) is 30.3. The Kier molecular flexibility index (Phi) is 8.98.